The summed E-state index contributed by atoms with van der Waals surface area (Å²) in [4.78, 5) is 0. The molecule has 0 aliphatic carbocycles. The van der Waals surface area contributed by atoms with E-state index in [0.29, 0.717) is 18.6 Å². The second-order valence-electron chi connectivity index (χ2n) is 3.65. The molecule has 1 aromatic rings. The van der Waals surface area contributed by atoms with E-state index in [2.05, 4.69) is 22.9 Å². The van der Waals surface area contributed by atoms with Crippen molar-refractivity contribution in [2.45, 2.75) is 32.6 Å². The highest BCUT2D eigenvalue weighted by molar-refractivity contribution is 9.10. The van der Waals surface area contributed by atoms with Crippen molar-refractivity contribution in [3.05, 3.63) is 27.7 Å². The number of halogens is 1. The maximum Gasteiger partial charge on any atom is 0.119 e. The lowest BCUT2D eigenvalue weighted by Gasteiger charge is -2.09. The summed E-state index contributed by atoms with van der Waals surface area (Å²) in [6.07, 6.45) is 3.43. The second-order valence-corrected chi connectivity index (χ2v) is 4.50. The van der Waals surface area contributed by atoms with Gasteiger partial charge in [-0.3, -0.25) is 0 Å². The van der Waals surface area contributed by atoms with Gasteiger partial charge < -0.3 is 10.2 Å². The number of hydrogen-bond donors (Lipinski definition) is 2. The maximum atomic E-state index is 9.77. The van der Waals surface area contributed by atoms with Gasteiger partial charge in [-0.05, 0) is 42.5 Å². The van der Waals surface area contributed by atoms with Crippen molar-refractivity contribution in [3.63, 3.8) is 0 Å². The molecular formula is C12H17BrO2. The number of benzene rings is 1. The third-order valence-corrected chi connectivity index (χ3v) is 3.11. The van der Waals surface area contributed by atoms with Crippen LogP contribution in [0.1, 0.15) is 30.9 Å². The number of aryl methyl sites for hydroxylation is 2. The largest absolute Gasteiger partial charge is 0.508 e. The Balaban J connectivity index is 2.87. The first-order chi connectivity index (χ1) is 7.19. The molecule has 0 aliphatic rings. The molecule has 0 spiro atoms. The van der Waals surface area contributed by atoms with E-state index in [1.807, 2.05) is 12.1 Å². The fourth-order valence-corrected chi connectivity index (χ4v) is 2.17. The first kappa shape index (κ1) is 12.5. The zero-order valence-electron chi connectivity index (χ0n) is 8.96. The van der Waals surface area contributed by atoms with Crippen LogP contribution in [0.15, 0.2) is 16.6 Å². The fraction of sp³-hybridized carbons (Fsp3) is 0.500. The Bertz CT molecular complexity index is 324. The minimum atomic E-state index is 0.160. The molecule has 1 rings (SSSR count). The molecule has 0 radical (unpaired) electrons. The number of phenols is 1. The Hall–Kier alpha value is -0.540. The van der Waals surface area contributed by atoms with Gasteiger partial charge in [-0.1, -0.05) is 29.3 Å². The lowest BCUT2D eigenvalue weighted by atomic mass is 10.0. The quantitative estimate of drug-likeness (QED) is 0.865. The Labute approximate surface area is 99.1 Å². The van der Waals surface area contributed by atoms with E-state index in [0.717, 1.165) is 28.4 Å². The molecule has 0 amide bonds. The average molecular weight is 273 g/mol. The van der Waals surface area contributed by atoms with E-state index in [1.54, 1.807) is 0 Å². The fourth-order valence-electron chi connectivity index (χ4n) is 1.58. The van der Waals surface area contributed by atoms with Crippen LogP contribution in [0.25, 0.3) is 0 Å². The maximum absolute atomic E-state index is 9.77. The number of phenolic OH excluding ortho intramolecular Hbond substituents is 1. The summed E-state index contributed by atoms with van der Waals surface area (Å²) in [6.45, 7) is 2.27. The molecule has 0 atom stereocenters. The van der Waals surface area contributed by atoms with Gasteiger partial charge in [-0.25, -0.2) is 0 Å². The average Bonchev–Trinajstić information content (AvgIpc) is 2.21. The monoisotopic (exact) mass is 272 g/mol. The third-order valence-electron chi connectivity index (χ3n) is 2.37. The van der Waals surface area contributed by atoms with Crippen LogP contribution in [0.2, 0.25) is 0 Å². The Kier molecular flexibility index (Phi) is 5.12. The van der Waals surface area contributed by atoms with Gasteiger partial charge in [0, 0.05) is 11.1 Å². The molecule has 0 unspecified atom stereocenters. The topological polar surface area (TPSA) is 40.5 Å². The molecule has 0 fully saturated rings. The summed E-state index contributed by atoms with van der Waals surface area (Å²) in [6, 6.07) is 3.77. The molecule has 0 bridgehead atoms. The first-order valence-corrected chi connectivity index (χ1v) is 6.09. The molecule has 2 N–H and O–H groups in total. The van der Waals surface area contributed by atoms with Crippen LogP contribution >= 0.6 is 15.9 Å². The van der Waals surface area contributed by atoms with Crippen LogP contribution in [0.4, 0.5) is 0 Å². The Morgan fingerprint density at radius 3 is 2.53 bits per heavy atom. The molecule has 3 heteroatoms. The molecule has 15 heavy (non-hydrogen) atoms. The van der Waals surface area contributed by atoms with Crippen molar-refractivity contribution in [3.8, 4) is 5.75 Å². The first-order valence-electron chi connectivity index (χ1n) is 5.30. The van der Waals surface area contributed by atoms with Gasteiger partial charge in [-0.2, -0.15) is 0 Å². The zero-order chi connectivity index (χ0) is 11.3. The summed E-state index contributed by atoms with van der Waals surface area (Å²) in [5.74, 6) is 0.343. The Morgan fingerprint density at radius 2 is 1.93 bits per heavy atom. The summed E-state index contributed by atoms with van der Waals surface area (Å²) in [5.41, 5.74) is 2.04. The molecule has 0 saturated heterocycles. The normalized spacial score (nSPS) is 10.6. The second kappa shape index (κ2) is 6.13. The van der Waals surface area contributed by atoms with E-state index >= 15 is 0 Å². The van der Waals surface area contributed by atoms with Crippen molar-refractivity contribution < 1.29 is 10.2 Å². The van der Waals surface area contributed by atoms with Gasteiger partial charge in [0.1, 0.15) is 5.75 Å². The summed E-state index contributed by atoms with van der Waals surface area (Å²) in [7, 11) is 0. The van der Waals surface area contributed by atoms with Gasteiger partial charge in [0.15, 0.2) is 0 Å². The van der Waals surface area contributed by atoms with Crippen LogP contribution in [-0.2, 0) is 12.8 Å². The van der Waals surface area contributed by atoms with Crippen molar-refractivity contribution in [2.75, 3.05) is 6.61 Å². The molecular weight excluding hydrogens is 256 g/mol. The van der Waals surface area contributed by atoms with Crippen molar-refractivity contribution >= 4 is 15.9 Å². The molecule has 1 aromatic carbocycles. The van der Waals surface area contributed by atoms with Crippen molar-refractivity contribution in [1.82, 2.24) is 0 Å². The number of aliphatic hydroxyl groups excluding tert-OH is 1. The van der Waals surface area contributed by atoms with E-state index < -0.39 is 0 Å². The van der Waals surface area contributed by atoms with Gasteiger partial charge in [0.2, 0.25) is 0 Å². The van der Waals surface area contributed by atoms with E-state index in [1.165, 1.54) is 0 Å². The highest BCUT2D eigenvalue weighted by atomic mass is 79.9. The number of aliphatic hydroxyl groups is 1. The number of hydrogen-bond acceptors (Lipinski definition) is 2. The standard InChI is InChI=1S/C12H17BrO2/c1-2-4-9-8-12(15)10(5-3-6-14)7-11(9)13/h7-8,14-15H,2-6H2,1H3. The third kappa shape index (κ3) is 3.50. The number of aromatic hydroxyl groups is 1. The highest BCUT2D eigenvalue weighted by Crippen LogP contribution is 2.28. The van der Waals surface area contributed by atoms with E-state index in [4.69, 9.17) is 5.11 Å². The molecule has 84 valence electrons. The van der Waals surface area contributed by atoms with Crippen LogP contribution in [0.3, 0.4) is 0 Å². The Morgan fingerprint density at radius 1 is 1.20 bits per heavy atom. The zero-order valence-corrected chi connectivity index (χ0v) is 10.5. The van der Waals surface area contributed by atoms with E-state index in [9.17, 15) is 5.11 Å². The van der Waals surface area contributed by atoms with Gasteiger partial charge in [0.05, 0.1) is 0 Å². The number of rotatable bonds is 5. The van der Waals surface area contributed by atoms with E-state index in [-0.39, 0.29) is 6.61 Å². The molecule has 0 heterocycles. The summed E-state index contributed by atoms with van der Waals surface area (Å²) < 4.78 is 1.05. The molecule has 0 saturated carbocycles. The van der Waals surface area contributed by atoms with Gasteiger partial charge >= 0.3 is 0 Å². The van der Waals surface area contributed by atoms with Gasteiger partial charge in [-0.15, -0.1) is 0 Å². The molecule has 0 aromatic heterocycles. The van der Waals surface area contributed by atoms with Crippen LogP contribution in [0, 0.1) is 0 Å². The van der Waals surface area contributed by atoms with Crippen LogP contribution < -0.4 is 0 Å². The lowest BCUT2D eigenvalue weighted by molar-refractivity contribution is 0.288. The minimum Gasteiger partial charge on any atom is -0.508 e. The summed E-state index contributed by atoms with van der Waals surface area (Å²) in [5, 5.41) is 18.5. The predicted molar refractivity (Wildman–Crippen MR) is 65.2 cm³/mol. The highest BCUT2D eigenvalue weighted by Gasteiger charge is 2.06. The predicted octanol–water partition coefficient (Wildman–Crippen LogP) is 3.03. The minimum absolute atomic E-state index is 0.160. The molecule has 2 nitrogen and oxygen atoms in total. The van der Waals surface area contributed by atoms with Crippen LogP contribution in [-0.4, -0.2) is 16.8 Å². The van der Waals surface area contributed by atoms with Crippen molar-refractivity contribution in [2.24, 2.45) is 0 Å². The van der Waals surface area contributed by atoms with Gasteiger partial charge in [0.25, 0.3) is 0 Å². The lowest BCUT2D eigenvalue weighted by Crippen LogP contribution is -1.93. The van der Waals surface area contributed by atoms with Crippen molar-refractivity contribution in [1.29, 1.82) is 0 Å². The SMILES string of the molecule is CCCc1cc(O)c(CCCO)cc1Br. The smallest absolute Gasteiger partial charge is 0.119 e. The molecule has 0 aliphatic heterocycles. The van der Waals surface area contributed by atoms with Crippen LogP contribution in [0.5, 0.6) is 5.75 Å². The summed E-state index contributed by atoms with van der Waals surface area (Å²) >= 11 is 3.50.